The van der Waals surface area contributed by atoms with Crippen molar-refractivity contribution in [1.29, 1.82) is 0 Å². The van der Waals surface area contributed by atoms with E-state index in [1.54, 1.807) is 0 Å². The van der Waals surface area contributed by atoms with Crippen molar-refractivity contribution in [1.82, 2.24) is 0 Å². The van der Waals surface area contributed by atoms with Gasteiger partial charge in [0.05, 0.1) is 155 Å². The smallest absolute Gasteiger partial charge is 0.127 e. The van der Waals surface area contributed by atoms with Crippen LogP contribution in [0.25, 0.3) is 77.9 Å². The van der Waals surface area contributed by atoms with Gasteiger partial charge in [0.25, 0.3) is 0 Å². The molecule has 0 aliphatic heterocycles. The molecule has 24 heteroatoms. The molecule has 0 aliphatic rings. The largest absolute Gasteiger partial charge is 0.494 e. The summed E-state index contributed by atoms with van der Waals surface area (Å²) >= 11 is 0. The van der Waals surface area contributed by atoms with Crippen molar-refractivity contribution >= 4 is 0 Å². The van der Waals surface area contributed by atoms with E-state index >= 15 is 0 Å². The van der Waals surface area contributed by atoms with Crippen molar-refractivity contribution in [2.24, 2.45) is 0 Å². The van der Waals surface area contributed by atoms with E-state index in [9.17, 15) is 81.7 Å². The number of benzene rings is 8. The van der Waals surface area contributed by atoms with E-state index in [1.807, 2.05) is 158 Å². The summed E-state index contributed by atoms with van der Waals surface area (Å²) in [5.74, 6) is 4.01. The molecular weight excluding hydrogens is 1440 g/mol. The standard InChI is InChI=1S/C88H114O24/c89-51-67(97)13-3-35-105-75-21-1-11-59(43-75)61-23-29-77(83(45-61)107-37-5-15-69(99)53-91)79-31-25-63(47-85(79)109-39-7-17-71(101)55-93)65-27-33-81(87(49-65)111-41-9-19-73(103)57-95)82-34-28-66(50-88(82)112-42-10-20-74(104)58-96)64-26-32-80(86(48-64)110-40-8-18-72(102)56-94)78-30-24-62(46-84(78)108-38-6-16-70(100)54-92)60-12-2-22-76(44-60)106-36-4-14-68(98)52-90/h1-2,11-12,21-34,43-50,67-74,89-104H,3-10,13-20,35-42,51-58H2/t67-,68-,69-,70-,71-,72-,73-,74-/m0/s1. The average Bonchev–Trinajstić information content (AvgIpc) is 0.782. The molecule has 8 atom stereocenters. The van der Waals surface area contributed by atoms with Crippen molar-refractivity contribution < 1.29 is 120 Å². The number of hydrogen-bond acceptors (Lipinski definition) is 24. The van der Waals surface area contributed by atoms with Crippen LogP contribution in [0.5, 0.6) is 46.0 Å². The van der Waals surface area contributed by atoms with Crippen LogP contribution in [-0.4, -0.2) is 236 Å². The Bertz CT molecular complexity index is 3780. The quantitative estimate of drug-likeness (QED) is 0.0158. The van der Waals surface area contributed by atoms with Crippen molar-refractivity contribution in [3.05, 3.63) is 158 Å². The summed E-state index contributed by atoms with van der Waals surface area (Å²) in [5, 5.41) is 158. The van der Waals surface area contributed by atoms with E-state index in [2.05, 4.69) is 0 Å². The Labute approximate surface area is 655 Å². The summed E-state index contributed by atoms with van der Waals surface area (Å²) in [6, 6.07) is 49.8. The molecule has 0 saturated heterocycles. The highest BCUT2D eigenvalue weighted by molar-refractivity contribution is 5.87. The molecule has 0 radical (unpaired) electrons. The number of hydrogen-bond donors (Lipinski definition) is 16. The van der Waals surface area contributed by atoms with Gasteiger partial charge in [0, 0.05) is 33.4 Å². The summed E-state index contributed by atoms with van der Waals surface area (Å²) in [6.45, 7) is -1.49. The van der Waals surface area contributed by atoms with Gasteiger partial charge in [-0.3, -0.25) is 0 Å². The maximum atomic E-state index is 10.4. The van der Waals surface area contributed by atoms with E-state index in [0.717, 1.165) is 33.4 Å². The van der Waals surface area contributed by atoms with Gasteiger partial charge in [-0.1, -0.05) is 60.7 Å². The van der Waals surface area contributed by atoms with E-state index in [-0.39, 0.29) is 78.5 Å². The van der Waals surface area contributed by atoms with Crippen LogP contribution in [0.2, 0.25) is 0 Å². The Morgan fingerprint density at radius 3 is 0.518 bits per heavy atom. The van der Waals surface area contributed by atoms with Gasteiger partial charge in [-0.15, -0.1) is 0 Å². The number of ether oxygens (including phenoxy) is 8. The van der Waals surface area contributed by atoms with Gasteiger partial charge in [-0.05, 0) is 244 Å². The fourth-order valence-corrected chi connectivity index (χ4v) is 12.5. The lowest BCUT2D eigenvalue weighted by Crippen LogP contribution is -2.13. The molecule has 0 heterocycles. The predicted molar refractivity (Wildman–Crippen MR) is 427 cm³/mol. The molecule has 0 spiro atoms. The molecule has 0 aromatic heterocycles. The first kappa shape index (κ1) is 89.1. The summed E-state index contributed by atoms with van der Waals surface area (Å²) in [5.41, 5.74) is 10.0. The molecule has 8 rings (SSSR count). The topological polar surface area (TPSA) is 398 Å². The van der Waals surface area contributed by atoms with Crippen LogP contribution < -0.4 is 37.9 Å². The van der Waals surface area contributed by atoms with Gasteiger partial charge in [0.2, 0.25) is 0 Å². The van der Waals surface area contributed by atoms with Gasteiger partial charge in [-0.25, -0.2) is 0 Å². The molecule has 0 unspecified atom stereocenters. The second kappa shape index (κ2) is 48.6. The van der Waals surface area contributed by atoms with Crippen LogP contribution in [0.3, 0.4) is 0 Å². The van der Waals surface area contributed by atoms with Crippen LogP contribution in [-0.2, 0) is 0 Å². The molecule has 0 bridgehead atoms. The lowest BCUT2D eigenvalue weighted by atomic mass is 9.93. The van der Waals surface area contributed by atoms with Gasteiger partial charge in [0.15, 0.2) is 0 Å². The number of rotatable bonds is 55. The van der Waals surface area contributed by atoms with E-state index in [0.29, 0.717) is 181 Å². The van der Waals surface area contributed by atoms with Crippen LogP contribution in [0.1, 0.15) is 103 Å². The van der Waals surface area contributed by atoms with Gasteiger partial charge in [0.1, 0.15) is 46.0 Å². The zero-order valence-corrected chi connectivity index (χ0v) is 63.7. The third-order valence-electron chi connectivity index (χ3n) is 19.0. The fourth-order valence-electron chi connectivity index (χ4n) is 12.5. The van der Waals surface area contributed by atoms with Crippen molar-refractivity contribution in [3.63, 3.8) is 0 Å². The minimum atomic E-state index is -0.968. The average molecular weight is 1560 g/mol. The van der Waals surface area contributed by atoms with Gasteiger partial charge in [-0.2, -0.15) is 0 Å². The Morgan fingerprint density at radius 1 is 0.188 bits per heavy atom. The lowest BCUT2D eigenvalue weighted by Gasteiger charge is -2.20. The highest BCUT2D eigenvalue weighted by atomic mass is 16.5. The molecule has 16 N–H and O–H groups in total. The first-order valence-corrected chi connectivity index (χ1v) is 38.9. The fraction of sp³-hybridized carbons (Fsp3) is 0.455. The highest BCUT2D eigenvalue weighted by Gasteiger charge is 2.23. The second-order valence-corrected chi connectivity index (χ2v) is 27.9. The molecule has 8 aromatic rings. The highest BCUT2D eigenvalue weighted by Crippen LogP contribution is 2.47. The Hall–Kier alpha value is -8.48. The van der Waals surface area contributed by atoms with Crippen LogP contribution >= 0.6 is 0 Å². The third kappa shape index (κ3) is 28.6. The summed E-state index contributed by atoms with van der Waals surface area (Å²) in [7, 11) is 0. The van der Waals surface area contributed by atoms with Crippen molar-refractivity contribution in [2.75, 3.05) is 106 Å². The monoisotopic (exact) mass is 1550 g/mol. The maximum Gasteiger partial charge on any atom is 0.127 e. The zero-order chi connectivity index (χ0) is 80.0. The SMILES string of the molecule is OC[C@@H](O)CCCOc1cccc(-c2ccc(-c3ccc(-c4ccc(-c5ccc(-c6ccc(-c7ccc(-c8cccc(OCCC[C@H](O)CO)c8)cc7OCCC[C@H](O)CO)c(OCCC[C@H](O)CO)c6)cc5OCCC[C@H](O)CO)c(OCCC[C@H](O)CO)c4)cc3OCCC[C@H](O)CO)c(OCCC[C@H](O)CO)c2)c1. The van der Waals surface area contributed by atoms with Crippen LogP contribution in [0, 0.1) is 0 Å². The summed E-state index contributed by atoms with van der Waals surface area (Å²) in [6.07, 6.45) is -1.50. The molecule has 24 nitrogen and oxygen atoms in total. The molecule has 610 valence electrons. The first-order chi connectivity index (χ1) is 54.5. The van der Waals surface area contributed by atoms with E-state index in [1.165, 1.54) is 0 Å². The third-order valence-corrected chi connectivity index (χ3v) is 19.0. The molecule has 0 saturated carbocycles. The molecule has 112 heavy (non-hydrogen) atoms. The molecule has 0 aliphatic carbocycles. The Kier molecular flexibility index (Phi) is 38.6. The normalized spacial score (nSPS) is 13.7. The molecule has 0 fully saturated rings. The molecule has 8 aromatic carbocycles. The second-order valence-electron chi connectivity index (χ2n) is 27.9. The van der Waals surface area contributed by atoms with Crippen molar-refractivity contribution in [2.45, 2.75) is 152 Å². The van der Waals surface area contributed by atoms with Gasteiger partial charge < -0.3 is 120 Å². The summed E-state index contributed by atoms with van der Waals surface area (Å²) in [4.78, 5) is 0. The minimum absolute atomic E-state index is 0.137. The maximum absolute atomic E-state index is 10.4. The Morgan fingerprint density at radius 2 is 0.348 bits per heavy atom. The van der Waals surface area contributed by atoms with Gasteiger partial charge >= 0.3 is 0 Å². The molecule has 0 amide bonds. The van der Waals surface area contributed by atoms with Crippen LogP contribution in [0.4, 0.5) is 0 Å². The summed E-state index contributed by atoms with van der Waals surface area (Å²) < 4.78 is 52.0. The minimum Gasteiger partial charge on any atom is -0.494 e. The lowest BCUT2D eigenvalue weighted by molar-refractivity contribution is 0.0827. The first-order valence-electron chi connectivity index (χ1n) is 38.9. The molecular formula is C88H114O24. The predicted octanol–water partition coefficient (Wildman–Crippen LogP) is 9.45. The van der Waals surface area contributed by atoms with E-state index < -0.39 is 88.5 Å². The van der Waals surface area contributed by atoms with E-state index in [4.69, 9.17) is 37.9 Å². The van der Waals surface area contributed by atoms with Crippen LogP contribution in [0.15, 0.2) is 158 Å². The number of aliphatic hydroxyl groups excluding tert-OH is 16. The zero-order valence-electron chi connectivity index (χ0n) is 63.7. The number of aliphatic hydroxyl groups is 16. The van der Waals surface area contributed by atoms with Crippen molar-refractivity contribution in [3.8, 4) is 124 Å². The Balaban J connectivity index is 1.21.